The first-order chi connectivity index (χ1) is 2.56. The number of hydrogen-bond acceptors (Lipinski definition) is 4. The van der Waals surface area contributed by atoms with Crippen molar-refractivity contribution in [2.75, 3.05) is 0 Å². The minimum Gasteiger partial charge on any atom is -1.00 e. The van der Waals surface area contributed by atoms with Gasteiger partial charge in [-0.1, -0.05) is 4.33 Å². The van der Waals surface area contributed by atoms with Gasteiger partial charge in [-0.2, -0.15) is 8.42 Å². The summed E-state index contributed by atoms with van der Waals surface area (Å²) in [7, 11) is -4.61. The van der Waals surface area contributed by atoms with Crippen molar-refractivity contribution < 1.29 is 84.5 Å². The molecule has 0 aliphatic rings. The third-order valence-electron chi connectivity index (χ3n) is 0.0942. The second-order valence-corrected chi connectivity index (χ2v) is 1.51. The Hall–Kier alpha value is 1.83. The van der Waals surface area contributed by atoms with Crippen molar-refractivity contribution in [1.82, 2.24) is 0 Å². The summed E-state index contributed by atoms with van der Waals surface area (Å²) in [5, 5.41) is 7.06. The van der Waals surface area contributed by atoms with Crippen LogP contribution in [-0.4, -0.2) is 18.2 Å². The van der Waals surface area contributed by atoms with Crippen molar-refractivity contribution in [2.24, 2.45) is 0 Å². The van der Waals surface area contributed by atoms with Crippen molar-refractivity contribution in [3.8, 4) is 0 Å². The topological polar surface area (TPSA) is 83.8 Å². The fourth-order valence-electron chi connectivity index (χ4n) is 0. The molecule has 0 rings (SSSR count). The maximum atomic E-state index is 9.08. The Morgan fingerprint density at radius 3 is 1.50 bits per heavy atom. The monoisotopic (exact) mass is 162 g/mol. The van der Waals surface area contributed by atoms with E-state index in [-0.39, 0.29) is 62.0 Å². The minimum absolute atomic E-state index is 0. The fraction of sp³-hybridized carbons (Fsp3) is 0. The number of rotatable bonds is 1. The Labute approximate surface area is 93.8 Å². The summed E-state index contributed by atoms with van der Waals surface area (Å²) < 4.78 is 28.0. The van der Waals surface area contributed by atoms with E-state index in [0.29, 0.717) is 0 Å². The summed E-state index contributed by atoms with van der Waals surface area (Å²) in [5.74, 6) is 0. The predicted molar refractivity (Wildman–Crippen MR) is 17.5 cm³/mol. The first-order valence-corrected chi connectivity index (χ1v) is 2.23. The van der Waals surface area contributed by atoms with E-state index >= 15 is 0 Å². The van der Waals surface area contributed by atoms with Gasteiger partial charge >= 0.3 is 69.5 Å². The van der Waals surface area contributed by atoms with Crippen LogP contribution in [-0.2, 0) is 14.7 Å². The van der Waals surface area contributed by atoms with Gasteiger partial charge in [0.1, 0.15) is 0 Å². The van der Waals surface area contributed by atoms with E-state index in [1.54, 1.807) is 0 Å². The minimum atomic E-state index is -4.61. The van der Waals surface area contributed by atoms with E-state index in [1.165, 1.54) is 0 Å². The second kappa shape index (κ2) is 6.94. The van der Waals surface area contributed by atoms with Gasteiger partial charge in [0.15, 0.2) is 0 Å². The molecule has 2 N–H and O–H groups in total. The van der Waals surface area contributed by atoms with Gasteiger partial charge in [-0.3, -0.25) is 4.55 Å². The van der Waals surface area contributed by atoms with Crippen LogP contribution in [0.25, 0.3) is 0 Å². The molecule has 5 nitrogen and oxygen atoms in total. The third kappa shape index (κ3) is 15.7. The molecule has 0 saturated carbocycles. The molecule has 0 unspecified atom stereocenters. The second-order valence-electron chi connectivity index (χ2n) is 0.502. The van der Waals surface area contributed by atoms with Crippen LogP contribution in [0.3, 0.4) is 0 Å². The average molecular weight is 162 g/mol. The molecule has 0 heterocycles. The summed E-state index contributed by atoms with van der Waals surface area (Å²) in [6.45, 7) is 0. The fourth-order valence-corrected chi connectivity index (χ4v) is 0. The third-order valence-corrected chi connectivity index (χ3v) is 0.283. The van der Waals surface area contributed by atoms with E-state index in [0.717, 1.165) is 0 Å². The average Bonchev–Trinajstić information content (AvgIpc) is 1.35. The van der Waals surface area contributed by atoms with E-state index in [1.807, 2.05) is 0 Å². The standard InChI is InChI=1S/2Na.H2O5S.2H/c;;1-5-6(2,3)4;;/h;;1H,(H,2,3,4);;/q2*+1;;2*-1. The van der Waals surface area contributed by atoms with Crippen LogP contribution >= 0.6 is 0 Å². The van der Waals surface area contributed by atoms with Crippen molar-refractivity contribution >= 4 is 10.4 Å². The Bertz CT molecular complexity index is 120. The number of hydrogen-bond donors (Lipinski definition) is 2. The first kappa shape index (κ1) is 16.4. The van der Waals surface area contributed by atoms with Gasteiger partial charge in [-0.05, 0) is 0 Å². The molecule has 0 spiro atoms. The summed E-state index contributed by atoms with van der Waals surface area (Å²) in [6, 6.07) is 0. The Kier molecular flexibility index (Phi) is 14.3. The van der Waals surface area contributed by atoms with Gasteiger partial charge in [0.2, 0.25) is 0 Å². The molecule has 0 aromatic carbocycles. The Balaban J connectivity index is -0.0000000208. The van der Waals surface area contributed by atoms with Crippen LogP contribution in [0.2, 0.25) is 0 Å². The molecule has 8 heavy (non-hydrogen) atoms. The van der Waals surface area contributed by atoms with Crippen molar-refractivity contribution in [3.63, 3.8) is 0 Å². The zero-order valence-electron chi connectivity index (χ0n) is 6.53. The molecule has 0 aliphatic carbocycles. The van der Waals surface area contributed by atoms with E-state index < -0.39 is 10.4 Å². The zero-order valence-corrected chi connectivity index (χ0v) is 9.34. The van der Waals surface area contributed by atoms with Crippen molar-refractivity contribution in [2.45, 2.75) is 0 Å². The van der Waals surface area contributed by atoms with Crippen LogP contribution in [0.4, 0.5) is 0 Å². The normalized spacial score (nSPS) is 8.75. The van der Waals surface area contributed by atoms with Crippen molar-refractivity contribution in [1.29, 1.82) is 0 Å². The van der Waals surface area contributed by atoms with E-state index in [9.17, 15) is 0 Å². The van der Waals surface area contributed by atoms with Crippen LogP contribution in [0, 0.1) is 0 Å². The summed E-state index contributed by atoms with van der Waals surface area (Å²) >= 11 is 0. The van der Waals surface area contributed by atoms with E-state index in [4.69, 9.17) is 18.2 Å². The quantitative estimate of drug-likeness (QED) is 0.173. The molecule has 0 amide bonds. The molecule has 42 valence electrons. The predicted octanol–water partition coefficient (Wildman–Crippen LogP) is -6.49. The van der Waals surface area contributed by atoms with Gasteiger partial charge in [0.25, 0.3) is 0 Å². The molecule has 8 heteroatoms. The van der Waals surface area contributed by atoms with Crippen LogP contribution < -0.4 is 59.1 Å². The molecule has 0 fully saturated rings. The molecule has 0 aliphatic heterocycles. The van der Waals surface area contributed by atoms with E-state index in [2.05, 4.69) is 4.33 Å². The van der Waals surface area contributed by atoms with Gasteiger partial charge < -0.3 is 2.85 Å². The molecule has 0 aromatic rings. The Morgan fingerprint density at radius 1 is 1.38 bits per heavy atom. The molecule has 0 aromatic heterocycles. The van der Waals surface area contributed by atoms with Gasteiger partial charge in [-0.15, -0.1) is 0 Å². The van der Waals surface area contributed by atoms with Crippen LogP contribution in [0.5, 0.6) is 0 Å². The van der Waals surface area contributed by atoms with Crippen molar-refractivity contribution in [3.05, 3.63) is 0 Å². The smallest absolute Gasteiger partial charge is 1.00 e. The zero-order chi connectivity index (χ0) is 5.21. The Morgan fingerprint density at radius 2 is 1.50 bits per heavy atom. The molecule has 0 saturated heterocycles. The summed E-state index contributed by atoms with van der Waals surface area (Å²) in [6.07, 6.45) is 0. The van der Waals surface area contributed by atoms with Crippen LogP contribution in [0.1, 0.15) is 2.85 Å². The molecular formula is H4Na2O5S. The molecule has 0 bridgehead atoms. The summed E-state index contributed by atoms with van der Waals surface area (Å²) in [5.41, 5.74) is 0. The molecule has 0 atom stereocenters. The largest absolute Gasteiger partial charge is 1.00 e. The molecular weight excluding hydrogens is 158 g/mol. The maximum absolute atomic E-state index is 9.08. The van der Waals surface area contributed by atoms with Crippen LogP contribution in [0.15, 0.2) is 0 Å². The first-order valence-electron chi connectivity index (χ1n) is 0.865. The van der Waals surface area contributed by atoms with Gasteiger partial charge in [0, 0.05) is 0 Å². The molecule has 0 radical (unpaired) electrons. The van der Waals surface area contributed by atoms with Gasteiger partial charge in [0.05, 0.1) is 0 Å². The summed E-state index contributed by atoms with van der Waals surface area (Å²) in [4.78, 5) is 0. The maximum Gasteiger partial charge on any atom is 1.00 e. The SMILES string of the molecule is O=S(=O)(O)OO.[H-].[H-].[Na+].[Na+]. The van der Waals surface area contributed by atoms with Gasteiger partial charge in [-0.25, -0.2) is 5.26 Å².